The van der Waals surface area contributed by atoms with E-state index in [9.17, 15) is 4.79 Å². The van der Waals surface area contributed by atoms with Gasteiger partial charge in [0.05, 0.1) is 0 Å². The van der Waals surface area contributed by atoms with Crippen LogP contribution in [0.1, 0.15) is 10.4 Å². The maximum atomic E-state index is 10.8. The molecular formula is C8H10NO3PS. The van der Waals surface area contributed by atoms with Crippen LogP contribution in [0.15, 0.2) is 24.3 Å². The normalized spacial score (nSPS) is 12.1. The van der Waals surface area contributed by atoms with E-state index in [4.69, 9.17) is 21.4 Å². The third kappa shape index (κ3) is 2.80. The molecule has 1 atom stereocenters. The average molecular weight is 231 g/mol. The standard InChI is InChI=1S/C8H10NO3PS/c1-9-13(14)12-7-5-3-2-4-6(7)8(10)11/h2-5,13H,1H3,(H,9,14)(H,10,11). The molecule has 76 valence electrons. The van der Waals surface area contributed by atoms with Gasteiger partial charge in [0.25, 0.3) is 0 Å². The van der Waals surface area contributed by atoms with E-state index in [1.54, 1.807) is 25.2 Å². The van der Waals surface area contributed by atoms with E-state index in [0.717, 1.165) is 0 Å². The number of hydrogen-bond donors (Lipinski definition) is 2. The highest BCUT2D eigenvalue weighted by atomic mass is 32.4. The smallest absolute Gasteiger partial charge is 0.339 e. The fourth-order valence-corrected chi connectivity index (χ4v) is 1.63. The lowest BCUT2D eigenvalue weighted by Crippen LogP contribution is -2.02. The number of rotatable bonds is 4. The molecule has 1 unspecified atom stereocenters. The summed E-state index contributed by atoms with van der Waals surface area (Å²) in [7, 11) is 0.119. The second-order valence-corrected chi connectivity index (χ2v) is 4.83. The number of aromatic carboxylic acids is 1. The maximum absolute atomic E-state index is 10.8. The summed E-state index contributed by atoms with van der Waals surface area (Å²) in [6, 6.07) is 6.43. The van der Waals surface area contributed by atoms with Gasteiger partial charge in [0.2, 0.25) is 0 Å². The Kier molecular flexibility index (Phi) is 4.07. The second-order valence-electron chi connectivity index (χ2n) is 2.44. The maximum Gasteiger partial charge on any atom is 0.339 e. The van der Waals surface area contributed by atoms with Crippen molar-refractivity contribution in [2.75, 3.05) is 7.05 Å². The zero-order valence-corrected chi connectivity index (χ0v) is 9.30. The molecule has 0 radical (unpaired) electrons. The summed E-state index contributed by atoms with van der Waals surface area (Å²) in [6.07, 6.45) is 0. The number of para-hydroxylation sites is 1. The third-order valence-corrected chi connectivity index (χ3v) is 3.20. The van der Waals surface area contributed by atoms with Crippen molar-refractivity contribution >= 4 is 24.9 Å². The van der Waals surface area contributed by atoms with Gasteiger partial charge < -0.3 is 9.63 Å². The number of hydrogen-bond acceptors (Lipinski definition) is 3. The first-order valence-electron chi connectivity index (χ1n) is 3.87. The van der Waals surface area contributed by atoms with Crippen LogP contribution in [-0.2, 0) is 11.8 Å². The minimum Gasteiger partial charge on any atom is -0.478 e. The van der Waals surface area contributed by atoms with Gasteiger partial charge in [0, 0.05) is 0 Å². The van der Waals surface area contributed by atoms with Gasteiger partial charge in [0.15, 0.2) is 7.07 Å². The van der Waals surface area contributed by atoms with E-state index in [1.807, 2.05) is 0 Å². The quantitative estimate of drug-likeness (QED) is 0.769. The van der Waals surface area contributed by atoms with E-state index in [1.165, 1.54) is 6.07 Å². The Morgan fingerprint density at radius 2 is 2.21 bits per heavy atom. The molecule has 1 aromatic rings. The second kappa shape index (κ2) is 5.10. The van der Waals surface area contributed by atoms with Crippen LogP contribution in [0.25, 0.3) is 0 Å². The van der Waals surface area contributed by atoms with Gasteiger partial charge in [-0.15, -0.1) is 0 Å². The fraction of sp³-hybridized carbons (Fsp3) is 0.125. The summed E-state index contributed by atoms with van der Waals surface area (Å²) in [4.78, 5) is 10.8. The van der Waals surface area contributed by atoms with Gasteiger partial charge in [-0.05, 0) is 31.0 Å². The van der Waals surface area contributed by atoms with Crippen LogP contribution in [0.3, 0.4) is 0 Å². The zero-order valence-electron chi connectivity index (χ0n) is 7.48. The summed E-state index contributed by atoms with van der Waals surface area (Å²) in [6.45, 7) is 0. The third-order valence-electron chi connectivity index (χ3n) is 1.52. The molecule has 0 amide bonds. The molecule has 6 heteroatoms. The Bertz CT molecular complexity index is 369. The minimum absolute atomic E-state index is 0.134. The molecule has 1 rings (SSSR count). The number of nitrogens with one attached hydrogen (secondary N) is 1. The zero-order chi connectivity index (χ0) is 10.6. The van der Waals surface area contributed by atoms with Crippen molar-refractivity contribution in [2.45, 2.75) is 0 Å². The fourth-order valence-electron chi connectivity index (χ4n) is 0.883. The molecule has 0 aliphatic rings. The van der Waals surface area contributed by atoms with E-state index in [2.05, 4.69) is 5.09 Å². The van der Waals surface area contributed by atoms with Gasteiger partial charge in [-0.25, -0.2) is 4.79 Å². The molecule has 0 fully saturated rings. The molecule has 4 nitrogen and oxygen atoms in total. The van der Waals surface area contributed by atoms with Crippen molar-refractivity contribution in [3.05, 3.63) is 29.8 Å². The van der Waals surface area contributed by atoms with E-state index in [0.29, 0.717) is 5.75 Å². The van der Waals surface area contributed by atoms with Gasteiger partial charge in [0.1, 0.15) is 11.3 Å². The minimum atomic E-state index is -1.57. The summed E-state index contributed by atoms with van der Waals surface area (Å²) >= 11 is 4.94. The average Bonchev–Trinajstić information content (AvgIpc) is 2.18. The van der Waals surface area contributed by atoms with Crippen molar-refractivity contribution in [2.24, 2.45) is 0 Å². The van der Waals surface area contributed by atoms with Gasteiger partial charge in [-0.3, -0.25) is 5.09 Å². The van der Waals surface area contributed by atoms with Crippen LogP contribution in [0.4, 0.5) is 0 Å². The Balaban J connectivity index is 2.95. The predicted molar refractivity (Wildman–Crippen MR) is 58.8 cm³/mol. The predicted octanol–water partition coefficient (Wildman–Crippen LogP) is 1.49. The molecule has 0 aliphatic carbocycles. The number of carboxylic acid groups (broad SMARTS) is 1. The van der Waals surface area contributed by atoms with Crippen LogP contribution >= 0.6 is 7.07 Å². The van der Waals surface area contributed by atoms with Crippen molar-refractivity contribution in [1.82, 2.24) is 5.09 Å². The first kappa shape index (κ1) is 11.2. The highest BCUT2D eigenvalue weighted by Crippen LogP contribution is 2.26. The largest absolute Gasteiger partial charge is 0.478 e. The summed E-state index contributed by atoms with van der Waals surface area (Å²) in [5.41, 5.74) is 0.134. The number of carbonyl (C=O) groups is 1. The molecule has 0 heterocycles. The summed E-state index contributed by atoms with van der Waals surface area (Å²) in [5.74, 6) is -0.695. The lowest BCUT2D eigenvalue weighted by molar-refractivity contribution is 0.0695. The Labute approximate surface area is 87.5 Å². The highest BCUT2D eigenvalue weighted by Gasteiger charge is 2.10. The molecule has 1 aromatic carbocycles. The van der Waals surface area contributed by atoms with Crippen molar-refractivity contribution in [3.63, 3.8) is 0 Å². The lowest BCUT2D eigenvalue weighted by Gasteiger charge is -2.09. The van der Waals surface area contributed by atoms with E-state index >= 15 is 0 Å². The Hall–Kier alpha value is -0.900. The molecule has 0 aliphatic heterocycles. The highest BCUT2D eigenvalue weighted by molar-refractivity contribution is 8.02. The first-order chi connectivity index (χ1) is 6.65. The van der Waals surface area contributed by atoms with Crippen molar-refractivity contribution in [3.8, 4) is 5.75 Å². The van der Waals surface area contributed by atoms with Crippen LogP contribution in [-0.4, -0.2) is 18.1 Å². The molecule has 0 spiro atoms. The summed E-state index contributed by atoms with van der Waals surface area (Å²) in [5, 5.41) is 11.6. The number of carboxylic acids is 1. The summed E-state index contributed by atoms with van der Waals surface area (Å²) < 4.78 is 5.28. The Morgan fingerprint density at radius 1 is 1.57 bits per heavy atom. The monoisotopic (exact) mass is 231 g/mol. The number of benzene rings is 1. The SMILES string of the molecule is CN[PH](=S)Oc1ccccc1C(=O)O. The molecule has 0 saturated carbocycles. The van der Waals surface area contributed by atoms with Crippen molar-refractivity contribution < 1.29 is 14.4 Å². The van der Waals surface area contributed by atoms with Gasteiger partial charge in [-0.1, -0.05) is 12.1 Å². The van der Waals surface area contributed by atoms with Crippen LogP contribution in [0, 0.1) is 0 Å². The molecule has 0 bridgehead atoms. The van der Waals surface area contributed by atoms with Crippen LogP contribution < -0.4 is 9.61 Å². The van der Waals surface area contributed by atoms with Crippen molar-refractivity contribution in [1.29, 1.82) is 0 Å². The topological polar surface area (TPSA) is 58.6 Å². The lowest BCUT2D eigenvalue weighted by atomic mass is 10.2. The van der Waals surface area contributed by atoms with Gasteiger partial charge >= 0.3 is 5.97 Å². The molecular weight excluding hydrogens is 221 g/mol. The molecule has 14 heavy (non-hydrogen) atoms. The van der Waals surface area contributed by atoms with E-state index < -0.39 is 13.0 Å². The van der Waals surface area contributed by atoms with E-state index in [-0.39, 0.29) is 5.56 Å². The molecule has 0 aromatic heterocycles. The van der Waals surface area contributed by atoms with Gasteiger partial charge in [-0.2, -0.15) is 0 Å². The molecule has 0 saturated heterocycles. The Morgan fingerprint density at radius 3 is 2.79 bits per heavy atom. The molecule has 2 N–H and O–H groups in total. The van der Waals surface area contributed by atoms with Crippen LogP contribution in [0.5, 0.6) is 5.75 Å². The first-order valence-corrected chi connectivity index (χ1v) is 6.41. The van der Waals surface area contributed by atoms with Crippen LogP contribution in [0.2, 0.25) is 0 Å².